The molecular formula is C28H37F3O5. The number of halogens is 3. The number of carbonyl (C=O) groups excluding carboxylic acids is 3. The van der Waals surface area contributed by atoms with Gasteiger partial charge in [0.25, 0.3) is 0 Å². The Bertz CT molecular complexity index is 1020. The molecule has 4 rings (SSSR count). The lowest BCUT2D eigenvalue weighted by Crippen LogP contribution is -2.70. The van der Waals surface area contributed by atoms with Gasteiger partial charge in [0.1, 0.15) is 0 Å². The molecule has 1 N–H and O–H groups in total. The van der Waals surface area contributed by atoms with Crippen LogP contribution in [0.25, 0.3) is 0 Å². The van der Waals surface area contributed by atoms with E-state index >= 15 is 4.39 Å². The number of unbranched alkanes of at least 4 members (excludes halogenated alkanes) is 2. The predicted octanol–water partition coefficient (Wildman–Crippen LogP) is 5.30. The highest BCUT2D eigenvalue weighted by Crippen LogP contribution is 2.71. The van der Waals surface area contributed by atoms with E-state index < -0.39 is 76.0 Å². The van der Waals surface area contributed by atoms with E-state index in [1.165, 1.54) is 13.0 Å². The van der Waals surface area contributed by atoms with E-state index in [0.29, 0.717) is 12.8 Å². The molecule has 0 aromatic carbocycles. The molecule has 3 saturated carbocycles. The van der Waals surface area contributed by atoms with Gasteiger partial charge in [0, 0.05) is 29.1 Å². The first-order chi connectivity index (χ1) is 16.8. The zero-order chi connectivity index (χ0) is 26.7. The van der Waals surface area contributed by atoms with Crippen molar-refractivity contribution in [1.29, 1.82) is 0 Å². The van der Waals surface area contributed by atoms with Crippen molar-refractivity contribution in [3.8, 4) is 0 Å². The van der Waals surface area contributed by atoms with E-state index in [0.717, 1.165) is 18.9 Å². The summed E-state index contributed by atoms with van der Waals surface area (Å²) in [6.07, 6.45) is 3.43. The fourth-order valence-corrected chi connectivity index (χ4v) is 8.33. The molecule has 0 aromatic rings. The molecule has 0 spiro atoms. The van der Waals surface area contributed by atoms with Gasteiger partial charge in [-0.1, -0.05) is 39.7 Å². The standard InChI is InChI=1S/C28H37F3O5/c1-5-6-7-8-23(35)36-28(22(34)15-29)16(2)13-19-17-9-10-18-24(30)20(32)11-12-25(18,3)27(17,31)21(33)14-26(19,28)4/h11-12,16-17,19,21,33H,5-10,13-15H2,1-4H3/t16-,17+,19+,21+,25+,26+,27+,28+/m1/s1. The van der Waals surface area contributed by atoms with Crippen molar-refractivity contribution in [1.82, 2.24) is 0 Å². The number of fused-ring (bicyclic) bond motifs is 5. The van der Waals surface area contributed by atoms with Crippen molar-refractivity contribution in [2.24, 2.45) is 28.6 Å². The molecule has 36 heavy (non-hydrogen) atoms. The summed E-state index contributed by atoms with van der Waals surface area (Å²) in [4.78, 5) is 38.1. The van der Waals surface area contributed by atoms with Crippen LogP contribution in [-0.4, -0.2) is 46.7 Å². The highest BCUT2D eigenvalue weighted by Gasteiger charge is 2.77. The highest BCUT2D eigenvalue weighted by atomic mass is 19.1. The van der Waals surface area contributed by atoms with E-state index in [1.807, 2.05) is 6.92 Å². The minimum Gasteiger partial charge on any atom is -0.450 e. The SMILES string of the molecule is CCCCCC(=O)O[C@]1(C(=O)CF)[C@H](C)C[C@H]2[C@@H]3CCC4=C(F)C(=O)C=C[C@]4(C)[C@@]3(F)[C@@H](O)C[C@@]21C. The Hall–Kier alpha value is -1.96. The Morgan fingerprint density at radius 2 is 1.92 bits per heavy atom. The van der Waals surface area contributed by atoms with Crippen molar-refractivity contribution in [3.05, 3.63) is 23.6 Å². The van der Waals surface area contributed by atoms with Crippen molar-refractivity contribution in [3.63, 3.8) is 0 Å². The van der Waals surface area contributed by atoms with Crippen LogP contribution in [0.2, 0.25) is 0 Å². The first-order valence-electron chi connectivity index (χ1n) is 13.2. The van der Waals surface area contributed by atoms with Crippen LogP contribution in [0.3, 0.4) is 0 Å². The number of ether oxygens (including phenoxy) is 1. The van der Waals surface area contributed by atoms with E-state index in [2.05, 4.69) is 0 Å². The normalized spacial score (nSPS) is 43.6. The molecule has 3 fully saturated rings. The molecule has 8 atom stereocenters. The second kappa shape index (κ2) is 9.10. The van der Waals surface area contributed by atoms with E-state index in [-0.39, 0.29) is 31.3 Å². The van der Waals surface area contributed by atoms with Gasteiger partial charge in [-0.05, 0) is 56.6 Å². The number of aliphatic hydroxyl groups excluding tert-OH is 1. The summed E-state index contributed by atoms with van der Waals surface area (Å²) in [5, 5.41) is 11.4. The first kappa shape index (κ1) is 27.1. The van der Waals surface area contributed by atoms with Crippen LogP contribution in [0.4, 0.5) is 13.2 Å². The lowest BCUT2D eigenvalue weighted by atomic mass is 9.44. The summed E-state index contributed by atoms with van der Waals surface area (Å²) >= 11 is 0. The number of ketones is 2. The second-order valence-corrected chi connectivity index (χ2v) is 11.7. The molecule has 200 valence electrons. The number of hydrogen-bond donors (Lipinski definition) is 1. The Morgan fingerprint density at radius 3 is 2.56 bits per heavy atom. The number of carbonyl (C=O) groups is 3. The average Bonchev–Trinajstić information content (AvgIpc) is 3.04. The quantitative estimate of drug-likeness (QED) is 0.371. The van der Waals surface area contributed by atoms with Crippen LogP contribution in [0.1, 0.15) is 79.1 Å². The number of rotatable bonds is 7. The number of aliphatic hydroxyl groups is 1. The number of allylic oxidation sites excluding steroid dienone is 4. The van der Waals surface area contributed by atoms with E-state index in [1.54, 1.807) is 13.8 Å². The van der Waals surface area contributed by atoms with Gasteiger partial charge < -0.3 is 9.84 Å². The van der Waals surface area contributed by atoms with Gasteiger partial charge in [0.2, 0.25) is 11.6 Å². The summed E-state index contributed by atoms with van der Waals surface area (Å²) in [6.45, 7) is 5.58. The molecule has 0 aliphatic heterocycles. The number of hydrogen-bond acceptors (Lipinski definition) is 5. The molecule has 8 heteroatoms. The molecule has 4 aliphatic rings. The molecule has 0 radical (unpaired) electrons. The summed E-state index contributed by atoms with van der Waals surface area (Å²) in [5.41, 5.74) is -6.82. The topological polar surface area (TPSA) is 80.7 Å². The van der Waals surface area contributed by atoms with Crippen molar-refractivity contribution in [2.75, 3.05) is 6.67 Å². The van der Waals surface area contributed by atoms with Crippen molar-refractivity contribution < 1.29 is 37.4 Å². The molecule has 0 bridgehead atoms. The van der Waals surface area contributed by atoms with Gasteiger partial charge in [0.05, 0.1) is 6.10 Å². The smallest absolute Gasteiger partial charge is 0.306 e. The van der Waals surface area contributed by atoms with Crippen molar-refractivity contribution in [2.45, 2.75) is 96.4 Å². The minimum absolute atomic E-state index is 0.0518. The third-order valence-corrected chi connectivity index (χ3v) is 10.1. The van der Waals surface area contributed by atoms with Crippen LogP contribution in [0.15, 0.2) is 23.6 Å². The van der Waals surface area contributed by atoms with Crippen LogP contribution in [-0.2, 0) is 19.1 Å². The third-order valence-electron chi connectivity index (χ3n) is 10.1. The predicted molar refractivity (Wildman–Crippen MR) is 127 cm³/mol. The zero-order valence-electron chi connectivity index (χ0n) is 21.5. The summed E-state index contributed by atoms with van der Waals surface area (Å²) in [6, 6.07) is 0. The lowest BCUT2D eigenvalue weighted by molar-refractivity contribution is -0.228. The average molecular weight is 511 g/mol. The molecular weight excluding hydrogens is 473 g/mol. The molecule has 0 heterocycles. The van der Waals surface area contributed by atoms with E-state index in [9.17, 15) is 28.3 Å². The Kier molecular flexibility index (Phi) is 6.85. The van der Waals surface area contributed by atoms with Crippen LogP contribution in [0.5, 0.6) is 0 Å². The van der Waals surface area contributed by atoms with Gasteiger partial charge in [0.15, 0.2) is 23.8 Å². The first-order valence-corrected chi connectivity index (χ1v) is 13.2. The largest absolute Gasteiger partial charge is 0.450 e. The maximum atomic E-state index is 17.3. The van der Waals surface area contributed by atoms with Crippen molar-refractivity contribution >= 4 is 17.5 Å². The van der Waals surface area contributed by atoms with E-state index in [4.69, 9.17) is 4.74 Å². The van der Waals surface area contributed by atoms with Crippen LogP contribution >= 0.6 is 0 Å². The maximum absolute atomic E-state index is 17.3. The molecule has 0 saturated heterocycles. The maximum Gasteiger partial charge on any atom is 0.306 e. The zero-order valence-corrected chi connectivity index (χ0v) is 21.5. The minimum atomic E-state index is -2.31. The lowest BCUT2D eigenvalue weighted by Gasteiger charge is -2.62. The van der Waals surface area contributed by atoms with Crippen LogP contribution < -0.4 is 0 Å². The Morgan fingerprint density at radius 1 is 1.22 bits per heavy atom. The number of Topliss-reactive ketones (excluding diaryl/α,β-unsaturated/α-hetero) is 1. The summed E-state index contributed by atoms with van der Waals surface area (Å²) in [5.74, 6) is -5.16. The van der Waals surface area contributed by atoms with Crippen LogP contribution in [0, 0.1) is 28.6 Å². The van der Waals surface area contributed by atoms with Gasteiger partial charge >= 0.3 is 5.97 Å². The third kappa shape index (κ3) is 3.35. The monoisotopic (exact) mass is 510 g/mol. The molecule has 0 aromatic heterocycles. The summed E-state index contributed by atoms with van der Waals surface area (Å²) < 4.78 is 52.1. The molecule has 0 unspecified atom stereocenters. The van der Waals surface area contributed by atoms with Gasteiger partial charge in [-0.3, -0.25) is 14.4 Å². The number of alkyl halides is 2. The highest BCUT2D eigenvalue weighted by molar-refractivity contribution is 6.04. The molecule has 5 nitrogen and oxygen atoms in total. The Labute approximate surface area is 210 Å². The second-order valence-electron chi connectivity index (χ2n) is 11.7. The number of esters is 1. The fourth-order valence-electron chi connectivity index (χ4n) is 8.33. The van der Waals surface area contributed by atoms with Gasteiger partial charge in [-0.15, -0.1) is 0 Å². The molecule has 0 amide bonds. The fraction of sp³-hybridized carbons (Fsp3) is 0.750. The van der Waals surface area contributed by atoms with Gasteiger partial charge in [-0.25, -0.2) is 13.2 Å². The molecule has 4 aliphatic carbocycles. The Balaban J connectivity index is 1.78. The summed E-state index contributed by atoms with van der Waals surface area (Å²) in [7, 11) is 0. The van der Waals surface area contributed by atoms with Gasteiger partial charge in [-0.2, -0.15) is 0 Å².